The van der Waals surface area contributed by atoms with Crippen LogP contribution < -0.4 is 5.32 Å². The number of nitrogens with one attached hydrogen (secondary N) is 1. The van der Waals surface area contributed by atoms with E-state index < -0.39 is 0 Å². The Balaban J connectivity index is 2.06. The van der Waals surface area contributed by atoms with Gasteiger partial charge in [0.2, 0.25) is 0 Å². The van der Waals surface area contributed by atoms with E-state index in [1.165, 1.54) is 5.56 Å². The lowest BCUT2D eigenvalue weighted by molar-refractivity contribution is 0.391. The molecule has 1 heterocycles. The molecule has 102 valence electrons. The zero-order valence-electron chi connectivity index (χ0n) is 11.5. The van der Waals surface area contributed by atoms with Crippen LogP contribution >= 0.6 is 15.9 Å². The van der Waals surface area contributed by atoms with Crippen molar-refractivity contribution >= 4 is 15.9 Å². The minimum Gasteiger partial charge on any atom is -0.361 e. The van der Waals surface area contributed by atoms with Crippen LogP contribution in [0.3, 0.4) is 0 Å². The molecular formula is C15H19BrN2O. The van der Waals surface area contributed by atoms with Gasteiger partial charge in [0, 0.05) is 22.6 Å². The first-order chi connectivity index (χ1) is 9.11. The second kappa shape index (κ2) is 6.35. The number of aromatic nitrogens is 1. The fourth-order valence-electron chi connectivity index (χ4n) is 2.17. The SMILES string of the molecule is CCC(NCc1c(C)noc1C)c1ccc(Br)cc1. The van der Waals surface area contributed by atoms with Crippen LogP contribution in [-0.4, -0.2) is 5.16 Å². The van der Waals surface area contributed by atoms with E-state index in [2.05, 4.69) is 57.6 Å². The quantitative estimate of drug-likeness (QED) is 0.892. The van der Waals surface area contributed by atoms with Crippen LogP contribution in [-0.2, 0) is 6.54 Å². The zero-order valence-corrected chi connectivity index (χ0v) is 13.1. The van der Waals surface area contributed by atoms with E-state index in [1.807, 2.05) is 13.8 Å². The summed E-state index contributed by atoms with van der Waals surface area (Å²) in [5.41, 5.74) is 3.43. The number of hydrogen-bond acceptors (Lipinski definition) is 3. The third kappa shape index (κ3) is 3.45. The molecule has 0 amide bonds. The zero-order chi connectivity index (χ0) is 13.8. The van der Waals surface area contributed by atoms with Gasteiger partial charge in [-0.1, -0.05) is 40.1 Å². The predicted molar refractivity (Wildman–Crippen MR) is 80.0 cm³/mol. The van der Waals surface area contributed by atoms with Crippen molar-refractivity contribution in [1.29, 1.82) is 0 Å². The van der Waals surface area contributed by atoms with Crippen LogP contribution in [0.15, 0.2) is 33.3 Å². The molecule has 3 nitrogen and oxygen atoms in total. The maximum Gasteiger partial charge on any atom is 0.138 e. The summed E-state index contributed by atoms with van der Waals surface area (Å²) in [6, 6.07) is 8.81. The minimum absolute atomic E-state index is 0.349. The van der Waals surface area contributed by atoms with Gasteiger partial charge in [0.1, 0.15) is 5.76 Å². The molecule has 0 bridgehead atoms. The molecule has 0 aliphatic rings. The molecule has 1 unspecified atom stereocenters. The standard InChI is InChI=1S/C15H19BrN2O/c1-4-15(12-5-7-13(16)8-6-12)17-9-14-10(2)18-19-11(14)3/h5-8,15,17H,4,9H2,1-3H3. The lowest BCUT2D eigenvalue weighted by Gasteiger charge is -2.17. The molecule has 1 aromatic carbocycles. The Morgan fingerprint density at radius 2 is 1.95 bits per heavy atom. The highest BCUT2D eigenvalue weighted by Crippen LogP contribution is 2.21. The Morgan fingerprint density at radius 3 is 2.47 bits per heavy atom. The second-order valence-corrected chi connectivity index (χ2v) is 5.61. The van der Waals surface area contributed by atoms with Gasteiger partial charge in [-0.25, -0.2) is 0 Å². The van der Waals surface area contributed by atoms with Gasteiger partial charge in [0.15, 0.2) is 0 Å². The first-order valence-corrected chi connectivity index (χ1v) is 7.31. The molecule has 1 N–H and O–H groups in total. The van der Waals surface area contributed by atoms with Crippen LogP contribution in [0.1, 0.15) is 42.0 Å². The van der Waals surface area contributed by atoms with Crippen molar-refractivity contribution in [3.8, 4) is 0 Å². The predicted octanol–water partition coefficient (Wildman–Crippen LogP) is 4.29. The highest BCUT2D eigenvalue weighted by Gasteiger charge is 2.13. The van der Waals surface area contributed by atoms with Crippen LogP contribution in [0, 0.1) is 13.8 Å². The average molecular weight is 323 g/mol. The molecule has 0 fully saturated rings. The third-order valence-electron chi connectivity index (χ3n) is 3.39. The lowest BCUT2D eigenvalue weighted by atomic mass is 10.0. The fraction of sp³-hybridized carbons (Fsp3) is 0.400. The van der Waals surface area contributed by atoms with Crippen molar-refractivity contribution in [1.82, 2.24) is 10.5 Å². The van der Waals surface area contributed by atoms with Crippen molar-refractivity contribution in [2.24, 2.45) is 0 Å². The molecule has 4 heteroatoms. The monoisotopic (exact) mass is 322 g/mol. The number of halogens is 1. The minimum atomic E-state index is 0.349. The van der Waals surface area contributed by atoms with Gasteiger partial charge in [-0.3, -0.25) is 0 Å². The maximum atomic E-state index is 5.19. The maximum absolute atomic E-state index is 5.19. The molecule has 2 aromatic rings. The Morgan fingerprint density at radius 1 is 1.26 bits per heavy atom. The number of hydrogen-bond donors (Lipinski definition) is 1. The smallest absolute Gasteiger partial charge is 0.138 e. The van der Waals surface area contributed by atoms with Crippen molar-refractivity contribution in [3.63, 3.8) is 0 Å². The van der Waals surface area contributed by atoms with Crippen molar-refractivity contribution in [2.45, 2.75) is 39.8 Å². The van der Waals surface area contributed by atoms with Crippen LogP contribution in [0.2, 0.25) is 0 Å². The summed E-state index contributed by atoms with van der Waals surface area (Å²) in [6.07, 6.45) is 1.05. The summed E-state index contributed by atoms with van der Waals surface area (Å²) in [5.74, 6) is 0.899. The molecule has 0 aliphatic carbocycles. The summed E-state index contributed by atoms with van der Waals surface area (Å²) in [6.45, 7) is 6.91. The highest BCUT2D eigenvalue weighted by molar-refractivity contribution is 9.10. The third-order valence-corrected chi connectivity index (χ3v) is 3.92. The van der Waals surface area contributed by atoms with Crippen LogP contribution in [0.25, 0.3) is 0 Å². The topological polar surface area (TPSA) is 38.1 Å². The molecular weight excluding hydrogens is 304 g/mol. The van der Waals surface area contributed by atoms with Crippen molar-refractivity contribution in [3.05, 3.63) is 51.3 Å². The molecule has 0 saturated carbocycles. The van der Waals surface area contributed by atoms with Gasteiger partial charge in [0.05, 0.1) is 5.69 Å². The van der Waals surface area contributed by atoms with Gasteiger partial charge in [-0.05, 0) is 38.0 Å². The molecule has 0 saturated heterocycles. The van der Waals surface area contributed by atoms with E-state index in [0.29, 0.717) is 6.04 Å². The molecule has 2 rings (SSSR count). The first kappa shape index (κ1) is 14.3. The summed E-state index contributed by atoms with van der Waals surface area (Å²) in [5, 5.41) is 7.56. The second-order valence-electron chi connectivity index (χ2n) is 4.70. The average Bonchev–Trinajstić information content (AvgIpc) is 2.72. The summed E-state index contributed by atoms with van der Waals surface area (Å²) in [4.78, 5) is 0. The Hall–Kier alpha value is -1.13. The van der Waals surface area contributed by atoms with Gasteiger partial charge >= 0.3 is 0 Å². The molecule has 19 heavy (non-hydrogen) atoms. The Bertz CT molecular complexity index is 514. The molecule has 1 aromatic heterocycles. The molecule has 0 spiro atoms. The summed E-state index contributed by atoms with van der Waals surface area (Å²) >= 11 is 3.46. The van der Waals surface area contributed by atoms with Crippen LogP contribution in [0.5, 0.6) is 0 Å². The molecule has 1 atom stereocenters. The van der Waals surface area contributed by atoms with Crippen molar-refractivity contribution in [2.75, 3.05) is 0 Å². The van der Waals surface area contributed by atoms with E-state index >= 15 is 0 Å². The number of nitrogens with zero attached hydrogens (tertiary/aromatic N) is 1. The van der Waals surface area contributed by atoms with Gasteiger partial charge in [-0.2, -0.15) is 0 Å². The van der Waals surface area contributed by atoms with E-state index in [1.54, 1.807) is 0 Å². The molecule has 0 aliphatic heterocycles. The van der Waals surface area contributed by atoms with Crippen molar-refractivity contribution < 1.29 is 4.52 Å². The number of aryl methyl sites for hydroxylation is 2. The normalized spacial score (nSPS) is 12.6. The lowest BCUT2D eigenvalue weighted by Crippen LogP contribution is -2.20. The summed E-state index contributed by atoms with van der Waals surface area (Å²) < 4.78 is 6.29. The van der Waals surface area contributed by atoms with E-state index in [9.17, 15) is 0 Å². The largest absolute Gasteiger partial charge is 0.361 e. The first-order valence-electron chi connectivity index (χ1n) is 6.52. The highest BCUT2D eigenvalue weighted by atomic mass is 79.9. The van der Waals surface area contributed by atoms with Crippen LogP contribution in [0.4, 0.5) is 0 Å². The van der Waals surface area contributed by atoms with E-state index in [0.717, 1.165) is 34.5 Å². The number of rotatable bonds is 5. The molecule has 0 radical (unpaired) electrons. The number of benzene rings is 1. The Labute approximate surface area is 122 Å². The van der Waals surface area contributed by atoms with E-state index in [4.69, 9.17) is 4.52 Å². The van der Waals surface area contributed by atoms with Gasteiger partial charge in [0.25, 0.3) is 0 Å². The van der Waals surface area contributed by atoms with E-state index in [-0.39, 0.29) is 0 Å². The van der Waals surface area contributed by atoms with Gasteiger partial charge < -0.3 is 9.84 Å². The Kier molecular flexibility index (Phi) is 4.77. The van der Waals surface area contributed by atoms with Gasteiger partial charge in [-0.15, -0.1) is 0 Å². The summed E-state index contributed by atoms with van der Waals surface area (Å²) in [7, 11) is 0. The fourth-order valence-corrected chi connectivity index (χ4v) is 2.44.